The molecule has 0 N–H and O–H groups in total. The molecule has 0 bridgehead atoms. The summed E-state index contributed by atoms with van der Waals surface area (Å²) in [6.45, 7) is 8.28. The average Bonchev–Trinajstić information content (AvgIpc) is 2.26. The maximum absolute atomic E-state index is 11.1. The minimum atomic E-state index is -0.00916. The Balaban J connectivity index is 2.95. The van der Waals surface area contributed by atoms with Crippen molar-refractivity contribution in [1.82, 2.24) is 9.97 Å². The van der Waals surface area contributed by atoms with Crippen molar-refractivity contribution >= 4 is 17.4 Å². The molecule has 0 aliphatic rings. The van der Waals surface area contributed by atoms with Gasteiger partial charge in [-0.15, -0.1) is 0 Å². The molecule has 100 valence electrons. The molecule has 0 aromatic carbocycles. The summed E-state index contributed by atoms with van der Waals surface area (Å²) in [6.07, 6.45) is 1.53. The molecule has 1 aromatic rings. The van der Waals surface area contributed by atoms with Gasteiger partial charge in [-0.3, -0.25) is 4.79 Å². The summed E-state index contributed by atoms with van der Waals surface area (Å²) in [7, 11) is 3.85. The van der Waals surface area contributed by atoms with Gasteiger partial charge in [0.2, 0.25) is 0 Å². The second kappa shape index (κ2) is 5.33. The number of likely N-dealkylation sites (N-methyl/N-ethyl adjacent to an activating group) is 1. The molecule has 0 aliphatic heterocycles. The smallest absolute Gasteiger partial charge is 0.149 e. The van der Waals surface area contributed by atoms with Crippen LogP contribution in [0.1, 0.15) is 27.7 Å². The van der Waals surface area contributed by atoms with E-state index < -0.39 is 0 Å². The lowest BCUT2D eigenvalue weighted by Crippen LogP contribution is -2.38. The van der Waals surface area contributed by atoms with Gasteiger partial charge < -0.3 is 9.80 Å². The minimum absolute atomic E-state index is 0.00916. The van der Waals surface area contributed by atoms with Crippen LogP contribution in [0.3, 0.4) is 0 Å². The number of hydrogen-bond donors (Lipinski definition) is 0. The van der Waals surface area contributed by atoms with E-state index in [0.29, 0.717) is 6.54 Å². The number of nitrogens with zero attached hydrogens (tertiary/aromatic N) is 4. The highest BCUT2D eigenvalue weighted by molar-refractivity contribution is 5.80. The normalized spacial score (nSPS) is 11.2. The summed E-state index contributed by atoms with van der Waals surface area (Å²) < 4.78 is 0. The average molecular weight is 250 g/mol. The van der Waals surface area contributed by atoms with Gasteiger partial charge in [-0.2, -0.15) is 0 Å². The van der Waals surface area contributed by atoms with Crippen LogP contribution >= 0.6 is 0 Å². The van der Waals surface area contributed by atoms with Crippen LogP contribution in [0.4, 0.5) is 11.6 Å². The fraction of sp³-hybridized carbons (Fsp3) is 0.615. The van der Waals surface area contributed by atoms with E-state index in [4.69, 9.17) is 0 Å². The quantitative estimate of drug-likeness (QED) is 0.814. The Morgan fingerprint density at radius 3 is 2.28 bits per heavy atom. The molecule has 0 saturated heterocycles. The Kier molecular flexibility index (Phi) is 4.27. The van der Waals surface area contributed by atoms with Crippen LogP contribution in [-0.2, 0) is 4.79 Å². The second-order valence-electron chi connectivity index (χ2n) is 5.52. The fourth-order valence-electron chi connectivity index (χ4n) is 1.49. The predicted octanol–water partition coefficient (Wildman–Crippen LogP) is 1.74. The van der Waals surface area contributed by atoms with E-state index in [-0.39, 0.29) is 11.3 Å². The van der Waals surface area contributed by atoms with E-state index in [9.17, 15) is 4.79 Å². The van der Waals surface area contributed by atoms with E-state index in [1.807, 2.05) is 25.1 Å². The van der Waals surface area contributed by atoms with Crippen LogP contribution < -0.4 is 9.80 Å². The second-order valence-corrected chi connectivity index (χ2v) is 5.52. The van der Waals surface area contributed by atoms with Crippen LogP contribution in [0.5, 0.6) is 0 Å². The van der Waals surface area contributed by atoms with E-state index >= 15 is 0 Å². The molecule has 0 radical (unpaired) electrons. The van der Waals surface area contributed by atoms with Gasteiger partial charge in [0.25, 0.3) is 0 Å². The first-order chi connectivity index (χ1) is 8.21. The molecule has 5 nitrogen and oxygen atoms in total. The van der Waals surface area contributed by atoms with Gasteiger partial charge in [0.1, 0.15) is 23.7 Å². The SMILES string of the molecule is CC(=O)CN(C)c1cc(N(C)C(C)(C)C)ncn1. The van der Waals surface area contributed by atoms with Crippen molar-refractivity contribution in [3.8, 4) is 0 Å². The summed E-state index contributed by atoms with van der Waals surface area (Å²) in [5.74, 6) is 1.72. The van der Waals surface area contributed by atoms with Crippen molar-refractivity contribution in [3.63, 3.8) is 0 Å². The number of hydrogen-bond acceptors (Lipinski definition) is 5. The van der Waals surface area contributed by atoms with Gasteiger partial charge in [0.15, 0.2) is 0 Å². The van der Waals surface area contributed by atoms with Crippen LogP contribution in [0, 0.1) is 0 Å². The van der Waals surface area contributed by atoms with Crippen molar-refractivity contribution in [3.05, 3.63) is 12.4 Å². The maximum Gasteiger partial charge on any atom is 0.149 e. The van der Waals surface area contributed by atoms with E-state index in [0.717, 1.165) is 11.6 Å². The van der Waals surface area contributed by atoms with Crippen LogP contribution in [0.15, 0.2) is 12.4 Å². The summed E-state index contributed by atoms with van der Waals surface area (Å²) in [5.41, 5.74) is -0.00916. The van der Waals surface area contributed by atoms with Crippen molar-refractivity contribution < 1.29 is 4.79 Å². The van der Waals surface area contributed by atoms with Gasteiger partial charge in [-0.1, -0.05) is 0 Å². The zero-order valence-electron chi connectivity index (χ0n) is 12.1. The van der Waals surface area contributed by atoms with Crippen molar-refractivity contribution in [1.29, 1.82) is 0 Å². The number of aromatic nitrogens is 2. The number of carbonyl (C=O) groups excluding carboxylic acids is 1. The van der Waals surface area contributed by atoms with Crippen molar-refractivity contribution in [2.75, 3.05) is 30.4 Å². The summed E-state index contributed by atoms with van der Waals surface area (Å²) in [4.78, 5) is 23.5. The first-order valence-electron chi connectivity index (χ1n) is 5.98. The molecule has 18 heavy (non-hydrogen) atoms. The topological polar surface area (TPSA) is 49.3 Å². The monoisotopic (exact) mass is 250 g/mol. The minimum Gasteiger partial charge on any atom is -0.355 e. The largest absolute Gasteiger partial charge is 0.355 e. The highest BCUT2D eigenvalue weighted by Crippen LogP contribution is 2.21. The lowest BCUT2D eigenvalue weighted by molar-refractivity contribution is -0.115. The van der Waals surface area contributed by atoms with Gasteiger partial charge in [-0.25, -0.2) is 9.97 Å². The molecule has 1 rings (SSSR count). The lowest BCUT2D eigenvalue weighted by atomic mass is 10.1. The van der Waals surface area contributed by atoms with E-state index in [1.54, 1.807) is 6.92 Å². The molecule has 0 unspecified atom stereocenters. The van der Waals surface area contributed by atoms with Crippen molar-refractivity contribution in [2.24, 2.45) is 0 Å². The molecule has 1 aromatic heterocycles. The van der Waals surface area contributed by atoms with Gasteiger partial charge in [0, 0.05) is 25.7 Å². The molecule has 0 saturated carbocycles. The fourth-order valence-corrected chi connectivity index (χ4v) is 1.49. The third-order valence-corrected chi connectivity index (χ3v) is 2.84. The highest BCUT2D eigenvalue weighted by atomic mass is 16.1. The molecule has 0 fully saturated rings. The van der Waals surface area contributed by atoms with Crippen LogP contribution in [0.25, 0.3) is 0 Å². The third kappa shape index (κ3) is 3.68. The first kappa shape index (κ1) is 14.4. The molecule has 5 heteroatoms. The van der Waals surface area contributed by atoms with Gasteiger partial charge >= 0.3 is 0 Å². The summed E-state index contributed by atoms with van der Waals surface area (Å²) in [5, 5.41) is 0. The zero-order chi connectivity index (χ0) is 13.9. The third-order valence-electron chi connectivity index (χ3n) is 2.84. The molecule has 0 aliphatic carbocycles. The maximum atomic E-state index is 11.1. The Morgan fingerprint density at radius 1 is 1.22 bits per heavy atom. The number of carbonyl (C=O) groups is 1. The number of ketones is 1. The highest BCUT2D eigenvalue weighted by Gasteiger charge is 2.19. The number of rotatable bonds is 4. The molecule has 0 amide bonds. The predicted molar refractivity (Wildman–Crippen MR) is 74.1 cm³/mol. The summed E-state index contributed by atoms with van der Waals surface area (Å²) in [6, 6.07) is 1.90. The summed E-state index contributed by atoms with van der Waals surface area (Å²) >= 11 is 0. The Morgan fingerprint density at radius 2 is 1.78 bits per heavy atom. The zero-order valence-corrected chi connectivity index (χ0v) is 12.1. The number of Topliss-reactive ketones (excluding diaryl/α,β-unsaturated/α-hetero) is 1. The first-order valence-corrected chi connectivity index (χ1v) is 5.98. The molecule has 1 heterocycles. The lowest BCUT2D eigenvalue weighted by Gasteiger charge is -2.33. The molecule has 0 atom stereocenters. The Bertz CT molecular complexity index is 425. The van der Waals surface area contributed by atoms with Crippen molar-refractivity contribution in [2.45, 2.75) is 33.2 Å². The molecular formula is C13H22N4O. The standard InChI is InChI=1S/C13H22N4O/c1-10(18)8-16(5)11-7-12(15-9-14-11)17(6)13(2,3)4/h7,9H,8H2,1-6H3. The van der Waals surface area contributed by atoms with Crippen LogP contribution in [0.2, 0.25) is 0 Å². The molecular weight excluding hydrogens is 228 g/mol. The Hall–Kier alpha value is -1.65. The number of anilines is 2. The van der Waals surface area contributed by atoms with E-state index in [2.05, 4.69) is 35.6 Å². The molecule has 0 spiro atoms. The van der Waals surface area contributed by atoms with E-state index in [1.165, 1.54) is 6.33 Å². The van der Waals surface area contributed by atoms with Gasteiger partial charge in [0.05, 0.1) is 6.54 Å². The van der Waals surface area contributed by atoms with Crippen LogP contribution in [-0.4, -0.2) is 41.9 Å². The van der Waals surface area contributed by atoms with Gasteiger partial charge in [-0.05, 0) is 27.7 Å². The Labute approximate surface area is 109 Å².